The van der Waals surface area contributed by atoms with Crippen LogP contribution in [0.25, 0.3) is 0 Å². The Kier molecular flexibility index (Phi) is 2.79. The summed E-state index contributed by atoms with van der Waals surface area (Å²) in [7, 11) is 0. The van der Waals surface area contributed by atoms with E-state index in [1.165, 1.54) is 23.5 Å². The Balaban J connectivity index is 1.75. The zero-order valence-electron chi connectivity index (χ0n) is 9.39. The Labute approximate surface area is 107 Å². The van der Waals surface area contributed by atoms with Crippen LogP contribution in [-0.2, 0) is 0 Å². The lowest BCUT2D eigenvalue weighted by molar-refractivity contribution is 0.102. The van der Waals surface area contributed by atoms with E-state index in [-0.39, 0.29) is 5.56 Å². The SMILES string of the molecule is O=C(Nc1nnc(C2CC2)s1)c1ccccc1F. The van der Waals surface area contributed by atoms with Crippen LogP contribution in [0.5, 0.6) is 0 Å². The van der Waals surface area contributed by atoms with Crippen molar-refractivity contribution in [3.63, 3.8) is 0 Å². The molecule has 1 aliphatic rings. The first kappa shape index (κ1) is 11.3. The van der Waals surface area contributed by atoms with E-state index in [0.29, 0.717) is 11.0 Å². The monoisotopic (exact) mass is 263 g/mol. The van der Waals surface area contributed by atoms with Gasteiger partial charge in [0.1, 0.15) is 10.8 Å². The fraction of sp³-hybridized carbons (Fsp3) is 0.250. The maximum Gasteiger partial charge on any atom is 0.260 e. The summed E-state index contributed by atoms with van der Waals surface area (Å²) < 4.78 is 13.4. The molecule has 0 aliphatic heterocycles. The molecule has 0 bridgehead atoms. The van der Waals surface area contributed by atoms with Crippen LogP contribution in [0.4, 0.5) is 9.52 Å². The topological polar surface area (TPSA) is 54.9 Å². The van der Waals surface area contributed by atoms with Crippen LogP contribution in [0.1, 0.15) is 34.1 Å². The largest absolute Gasteiger partial charge is 0.296 e. The summed E-state index contributed by atoms with van der Waals surface area (Å²) in [5, 5.41) is 11.8. The van der Waals surface area contributed by atoms with E-state index in [4.69, 9.17) is 0 Å². The first-order valence-electron chi connectivity index (χ1n) is 5.63. The number of aromatic nitrogens is 2. The van der Waals surface area contributed by atoms with Crippen molar-refractivity contribution in [2.45, 2.75) is 18.8 Å². The Morgan fingerprint density at radius 2 is 2.11 bits per heavy atom. The molecule has 0 atom stereocenters. The predicted octanol–water partition coefficient (Wildman–Crippen LogP) is 2.81. The zero-order valence-corrected chi connectivity index (χ0v) is 10.2. The van der Waals surface area contributed by atoms with E-state index < -0.39 is 11.7 Å². The molecule has 0 radical (unpaired) electrons. The molecule has 0 saturated heterocycles. The van der Waals surface area contributed by atoms with Crippen molar-refractivity contribution in [1.82, 2.24) is 10.2 Å². The molecule has 92 valence electrons. The van der Waals surface area contributed by atoms with Crippen LogP contribution < -0.4 is 5.32 Å². The van der Waals surface area contributed by atoms with Crippen LogP contribution in [0.2, 0.25) is 0 Å². The lowest BCUT2D eigenvalue weighted by atomic mass is 10.2. The highest BCUT2D eigenvalue weighted by atomic mass is 32.1. The number of benzene rings is 1. The number of hydrogen-bond donors (Lipinski definition) is 1. The van der Waals surface area contributed by atoms with Crippen molar-refractivity contribution in [1.29, 1.82) is 0 Å². The van der Waals surface area contributed by atoms with Gasteiger partial charge in [-0.2, -0.15) is 0 Å². The number of anilines is 1. The number of carbonyl (C=O) groups is 1. The lowest BCUT2D eigenvalue weighted by Gasteiger charge is -2.01. The van der Waals surface area contributed by atoms with Crippen molar-refractivity contribution in [2.75, 3.05) is 5.32 Å². The molecule has 1 aromatic carbocycles. The molecule has 18 heavy (non-hydrogen) atoms. The zero-order chi connectivity index (χ0) is 12.5. The number of rotatable bonds is 3. The highest BCUT2D eigenvalue weighted by Crippen LogP contribution is 2.42. The fourth-order valence-electron chi connectivity index (χ4n) is 1.59. The summed E-state index contributed by atoms with van der Waals surface area (Å²) >= 11 is 1.36. The van der Waals surface area contributed by atoms with Gasteiger partial charge in [0.15, 0.2) is 0 Å². The quantitative estimate of drug-likeness (QED) is 0.926. The Hall–Kier alpha value is -1.82. The second-order valence-corrected chi connectivity index (χ2v) is 5.16. The van der Waals surface area contributed by atoms with Crippen LogP contribution >= 0.6 is 11.3 Å². The van der Waals surface area contributed by atoms with E-state index in [9.17, 15) is 9.18 Å². The molecule has 0 spiro atoms. The predicted molar refractivity (Wildman–Crippen MR) is 66.2 cm³/mol. The third kappa shape index (κ3) is 2.24. The van der Waals surface area contributed by atoms with Crippen molar-refractivity contribution in [3.8, 4) is 0 Å². The highest BCUT2D eigenvalue weighted by molar-refractivity contribution is 7.15. The van der Waals surface area contributed by atoms with Gasteiger partial charge in [-0.15, -0.1) is 10.2 Å². The number of nitrogens with one attached hydrogen (secondary N) is 1. The highest BCUT2D eigenvalue weighted by Gasteiger charge is 2.27. The van der Waals surface area contributed by atoms with Crippen LogP contribution in [-0.4, -0.2) is 16.1 Å². The molecule has 1 saturated carbocycles. The van der Waals surface area contributed by atoms with Gasteiger partial charge in [0.05, 0.1) is 5.56 Å². The summed E-state index contributed by atoms with van der Waals surface area (Å²) in [5.41, 5.74) is 0.0145. The molecular weight excluding hydrogens is 253 g/mol. The number of amides is 1. The summed E-state index contributed by atoms with van der Waals surface area (Å²) in [4.78, 5) is 11.8. The molecule has 2 aromatic rings. The van der Waals surface area contributed by atoms with Gasteiger partial charge in [0.25, 0.3) is 5.91 Å². The molecule has 0 unspecified atom stereocenters. The molecule has 4 nitrogen and oxygen atoms in total. The first-order valence-corrected chi connectivity index (χ1v) is 6.45. The van der Waals surface area contributed by atoms with Gasteiger partial charge in [-0.1, -0.05) is 23.5 Å². The Morgan fingerprint density at radius 1 is 1.33 bits per heavy atom. The summed E-state index contributed by atoms with van der Waals surface area (Å²) in [6.45, 7) is 0. The minimum absolute atomic E-state index is 0.0145. The molecule has 6 heteroatoms. The van der Waals surface area contributed by atoms with Crippen LogP contribution in [0, 0.1) is 5.82 Å². The van der Waals surface area contributed by atoms with Crippen molar-refractivity contribution < 1.29 is 9.18 Å². The third-order valence-corrected chi connectivity index (χ3v) is 3.71. The number of nitrogens with zero attached hydrogens (tertiary/aromatic N) is 2. The summed E-state index contributed by atoms with van der Waals surface area (Å²) in [6, 6.07) is 5.86. The van der Waals surface area contributed by atoms with Gasteiger partial charge < -0.3 is 0 Å². The van der Waals surface area contributed by atoms with Crippen LogP contribution in [0.3, 0.4) is 0 Å². The van der Waals surface area contributed by atoms with Gasteiger partial charge in [0.2, 0.25) is 5.13 Å². The maximum atomic E-state index is 13.4. The average molecular weight is 263 g/mol. The lowest BCUT2D eigenvalue weighted by Crippen LogP contribution is -2.13. The number of halogens is 1. The second kappa shape index (κ2) is 4.45. The number of carbonyl (C=O) groups excluding carboxylic acids is 1. The Bertz CT molecular complexity index is 595. The van der Waals surface area contributed by atoms with Gasteiger partial charge in [0, 0.05) is 5.92 Å². The molecule has 1 fully saturated rings. The smallest absolute Gasteiger partial charge is 0.260 e. The fourth-order valence-corrected chi connectivity index (χ4v) is 2.50. The van der Waals surface area contributed by atoms with E-state index in [1.54, 1.807) is 12.1 Å². The molecule has 1 aliphatic carbocycles. The van der Waals surface area contributed by atoms with E-state index in [0.717, 1.165) is 17.8 Å². The summed E-state index contributed by atoms with van der Waals surface area (Å²) in [5.74, 6) is -0.532. The van der Waals surface area contributed by atoms with E-state index in [1.807, 2.05) is 0 Å². The minimum atomic E-state index is -0.540. The molecule has 1 heterocycles. The molecule has 1 aromatic heterocycles. The van der Waals surface area contributed by atoms with Crippen LogP contribution in [0.15, 0.2) is 24.3 Å². The average Bonchev–Trinajstić information content (AvgIpc) is 3.11. The molecule has 3 rings (SSSR count). The van der Waals surface area contributed by atoms with Crippen molar-refractivity contribution in [3.05, 3.63) is 40.7 Å². The first-order chi connectivity index (χ1) is 8.74. The van der Waals surface area contributed by atoms with Gasteiger partial charge in [-0.25, -0.2) is 4.39 Å². The van der Waals surface area contributed by atoms with E-state index in [2.05, 4.69) is 15.5 Å². The summed E-state index contributed by atoms with van der Waals surface area (Å²) in [6.07, 6.45) is 2.27. The van der Waals surface area contributed by atoms with Crippen molar-refractivity contribution >= 4 is 22.4 Å². The molecule has 1 amide bonds. The molecular formula is C12H10FN3OS. The Morgan fingerprint density at radius 3 is 2.83 bits per heavy atom. The number of hydrogen-bond acceptors (Lipinski definition) is 4. The van der Waals surface area contributed by atoms with Crippen molar-refractivity contribution in [2.24, 2.45) is 0 Å². The van der Waals surface area contributed by atoms with E-state index >= 15 is 0 Å². The van der Waals surface area contributed by atoms with Gasteiger partial charge >= 0.3 is 0 Å². The van der Waals surface area contributed by atoms with Gasteiger partial charge in [-0.3, -0.25) is 10.1 Å². The maximum absolute atomic E-state index is 13.4. The van der Waals surface area contributed by atoms with Gasteiger partial charge in [-0.05, 0) is 25.0 Å². The minimum Gasteiger partial charge on any atom is -0.296 e. The second-order valence-electron chi connectivity index (χ2n) is 4.15. The standard InChI is InChI=1S/C12H10FN3OS/c13-9-4-2-1-3-8(9)10(17)14-12-16-15-11(18-12)7-5-6-7/h1-4,7H,5-6H2,(H,14,16,17). The normalized spacial score (nSPS) is 14.5. The third-order valence-electron chi connectivity index (χ3n) is 2.71. The molecule has 1 N–H and O–H groups in total.